The van der Waals surface area contributed by atoms with Crippen molar-refractivity contribution in [3.05, 3.63) is 54.1 Å². The van der Waals surface area contributed by atoms with Gasteiger partial charge in [0.15, 0.2) is 0 Å². The number of hydrogen-bond acceptors (Lipinski definition) is 2. The Hall–Kier alpha value is -2.08. The van der Waals surface area contributed by atoms with Gasteiger partial charge in [-0.1, -0.05) is 18.7 Å². The molecule has 6 heteroatoms. The lowest BCUT2D eigenvalue weighted by molar-refractivity contribution is -0.137. The second-order valence-corrected chi connectivity index (χ2v) is 5.81. The van der Waals surface area contributed by atoms with Crippen LogP contribution in [0.5, 0.6) is 0 Å². The number of hydrogen-bond donors (Lipinski definition) is 0. The summed E-state index contributed by atoms with van der Waals surface area (Å²) in [5, 5.41) is 0. The van der Waals surface area contributed by atoms with Crippen LogP contribution in [0.3, 0.4) is 0 Å². The minimum absolute atomic E-state index is 0.137. The summed E-state index contributed by atoms with van der Waals surface area (Å²) in [6, 6.07) is 5.06. The lowest BCUT2D eigenvalue weighted by Crippen LogP contribution is -2.34. The zero-order chi connectivity index (χ0) is 16.7. The number of ether oxygens (including phenoxy) is 1. The fourth-order valence-corrected chi connectivity index (χ4v) is 3.02. The molecule has 0 radical (unpaired) electrons. The van der Waals surface area contributed by atoms with Gasteiger partial charge in [0.1, 0.15) is 5.60 Å². The van der Waals surface area contributed by atoms with Crippen molar-refractivity contribution in [3.63, 3.8) is 0 Å². The maximum Gasteiger partial charge on any atom is 0.416 e. The summed E-state index contributed by atoms with van der Waals surface area (Å²) >= 11 is 0. The highest BCUT2D eigenvalue weighted by molar-refractivity contribution is 5.87. The van der Waals surface area contributed by atoms with Gasteiger partial charge < -0.3 is 9.64 Å². The van der Waals surface area contributed by atoms with Crippen LogP contribution < -0.4 is 0 Å². The molecule has 0 bridgehead atoms. The van der Waals surface area contributed by atoms with Crippen LogP contribution in [-0.2, 0) is 15.7 Å². The van der Waals surface area contributed by atoms with E-state index in [1.807, 2.05) is 6.08 Å². The van der Waals surface area contributed by atoms with E-state index >= 15 is 0 Å². The molecular formula is C17H16F3NO2. The first-order valence-corrected chi connectivity index (χ1v) is 7.28. The van der Waals surface area contributed by atoms with Crippen LogP contribution in [0.25, 0.3) is 5.57 Å². The maximum absolute atomic E-state index is 12.6. The van der Waals surface area contributed by atoms with Gasteiger partial charge in [-0.15, -0.1) is 0 Å². The molecule has 1 fully saturated rings. The van der Waals surface area contributed by atoms with E-state index in [0.29, 0.717) is 31.7 Å². The number of carbonyl (C=O) groups excluding carboxylic acids is 1. The second-order valence-electron chi connectivity index (χ2n) is 5.81. The Morgan fingerprint density at radius 1 is 1.30 bits per heavy atom. The summed E-state index contributed by atoms with van der Waals surface area (Å²) < 4.78 is 43.7. The summed E-state index contributed by atoms with van der Waals surface area (Å²) in [4.78, 5) is 13.3. The van der Waals surface area contributed by atoms with Crippen molar-refractivity contribution in [1.29, 1.82) is 0 Å². The van der Waals surface area contributed by atoms with Crippen LogP contribution in [0.15, 0.2) is 43.0 Å². The average Bonchev–Trinajstić information content (AvgIpc) is 3.14. The first kappa shape index (κ1) is 15.8. The Labute approximate surface area is 132 Å². The lowest BCUT2D eigenvalue weighted by atomic mass is 9.98. The Morgan fingerprint density at radius 3 is 2.61 bits per heavy atom. The van der Waals surface area contributed by atoms with Crippen LogP contribution in [0.1, 0.15) is 17.5 Å². The third-order valence-corrected chi connectivity index (χ3v) is 4.29. The molecule has 0 aromatic heterocycles. The molecule has 1 saturated heterocycles. The van der Waals surface area contributed by atoms with Gasteiger partial charge in [0.2, 0.25) is 5.91 Å². The van der Waals surface area contributed by atoms with Crippen LogP contribution in [0.4, 0.5) is 13.2 Å². The second kappa shape index (κ2) is 5.53. The molecule has 1 unspecified atom stereocenters. The third-order valence-electron chi connectivity index (χ3n) is 4.29. The highest BCUT2D eigenvalue weighted by Gasteiger charge is 2.42. The zero-order valence-corrected chi connectivity index (χ0v) is 12.4. The van der Waals surface area contributed by atoms with Crippen LogP contribution >= 0.6 is 0 Å². The quantitative estimate of drug-likeness (QED) is 0.782. The van der Waals surface area contributed by atoms with E-state index in [1.165, 1.54) is 18.2 Å². The molecule has 1 spiro atoms. The fraction of sp³-hybridized carbons (Fsp3) is 0.353. The Balaban J connectivity index is 1.78. The van der Waals surface area contributed by atoms with Gasteiger partial charge in [-0.2, -0.15) is 13.2 Å². The fourth-order valence-electron chi connectivity index (χ4n) is 3.02. The topological polar surface area (TPSA) is 29.5 Å². The predicted octanol–water partition coefficient (Wildman–Crippen LogP) is 3.28. The minimum atomic E-state index is -4.34. The summed E-state index contributed by atoms with van der Waals surface area (Å²) in [5.74, 6) is -0.137. The van der Waals surface area contributed by atoms with Gasteiger partial charge in [0.25, 0.3) is 0 Å². The Morgan fingerprint density at radius 2 is 2.00 bits per heavy atom. The van der Waals surface area contributed by atoms with Crippen molar-refractivity contribution in [1.82, 2.24) is 4.90 Å². The highest BCUT2D eigenvalue weighted by Crippen LogP contribution is 2.37. The Kier molecular flexibility index (Phi) is 3.80. The molecule has 2 aliphatic heterocycles. The number of halogens is 3. The molecule has 1 aromatic rings. The van der Waals surface area contributed by atoms with Crippen molar-refractivity contribution >= 4 is 11.5 Å². The van der Waals surface area contributed by atoms with Gasteiger partial charge in [-0.25, -0.2) is 0 Å². The summed E-state index contributed by atoms with van der Waals surface area (Å²) in [6.07, 6.45) is -0.450. The lowest BCUT2D eigenvalue weighted by Gasteiger charge is -2.21. The van der Waals surface area contributed by atoms with Gasteiger partial charge >= 0.3 is 6.18 Å². The van der Waals surface area contributed by atoms with E-state index in [1.54, 1.807) is 4.90 Å². The molecule has 23 heavy (non-hydrogen) atoms. The number of benzene rings is 1. The molecule has 0 saturated carbocycles. The molecule has 1 aromatic carbocycles. The number of likely N-dealkylation sites (tertiary alicyclic amines) is 1. The van der Waals surface area contributed by atoms with Crippen molar-refractivity contribution in [2.75, 3.05) is 19.7 Å². The molecule has 3 rings (SSSR count). The summed E-state index contributed by atoms with van der Waals surface area (Å²) in [7, 11) is 0. The molecule has 3 nitrogen and oxygen atoms in total. The van der Waals surface area contributed by atoms with E-state index in [-0.39, 0.29) is 5.91 Å². The minimum Gasteiger partial charge on any atom is -0.364 e. The summed E-state index contributed by atoms with van der Waals surface area (Å²) in [6.45, 7) is 4.84. The van der Waals surface area contributed by atoms with Crippen molar-refractivity contribution < 1.29 is 22.7 Å². The molecule has 1 amide bonds. The van der Waals surface area contributed by atoms with E-state index in [0.717, 1.165) is 17.7 Å². The molecule has 2 heterocycles. The highest BCUT2D eigenvalue weighted by atomic mass is 19.4. The third kappa shape index (κ3) is 3.03. The average molecular weight is 323 g/mol. The number of rotatable bonds is 2. The van der Waals surface area contributed by atoms with Crippen molar-refractivity contribution in [2.45, 2.75) is 18.2 Å². The molecule has 1 atom stereocenters. The van der Waals surface area contributed by atoms with E-state index in [9.17, 15) is 18.0 Å². The van der Waals surface area contributed by atoms with Crippen LogP contribution in [0, 0.1) is 0 Å². The van der Waals surface area contributed by atoms with E-state index < -0.39 is 17.3 Å². The standard InChI is InChI=1S/C17H16F3NO2/c1-2-15(22)21-8-7-16(11-21)9-13(10-23-16)12-3-5-14(6-4-12)17(18,19)20/h2-6,9H,1,7-8,10-11H2. The van der Waals surface area contributed by atoms with Gasteiger partial charge in [0, 0.05) is 6.54 Å². The molecular weight excluding hydrogens is 307 g/mol. The van der Waals surface area contributed by atoms with Crippen molar-refractivity contribution in [2.24, 2.45) is 0 Å². The van der Waals surface area contributed by atoms with Crippen LogP contribution in [0.2, 0.25) is 0 Å². The first-order chi connectivity index (χ1) is 10.8. The summed E-state index contributed by atoms with van der Waals surface area (Å²) in [5.41, 5.74) is 0.366. The SMILES string of the molecule is C=CC(=O)N1CCC2(C=C(c3ccc(C(F)(F)F)cc3)CO2)C1. The predicted molar refractivity (Wildman–Crippen MR) is 79.5 cm³/mol. The van der Waals surface area contributed by atoms with E-state index in [2.05, 4.69) is 6.58 Å². The molecule has 0 aliphatic carbocycles. The van der Waals surface area contributed by atoms with Crippen molar-refractivity contribution in [3.8, 4) is 0 Å². The van der Waals surface area contributed by atoms with Gasteiger partial charge in [-0.3, -0.25) is 4.79 Å². The largest absolute Gasteiger partial charge is 0.416 e. The number of alkyl halides is 3. The Bertz CT molecular complexity index is 663. The first-order valence-electron chi connectivity index (χ1n) is 7.28. The van der Waals surface area contributed by atoms with E-state index in [4.69, 9.17) is 4.74 Å². The van der Waals surface area contributed by atoms with Gasteiger partial charge in [0.05, 0.1) is 18.7 Å². The molecule has 2 aliphatic rings. The molecule has 122 valence electrons. The van der Waals surface area contributed by atoms with Gasteiger partial charge in [-0.05, 0) is 41.8 Å². The number of nitrogens with zero attached hydrogens (tertiary/aromatic N) is 1. The molecule has 0 N–H and O–H groups in total. The smallest absolute Gasteiger partial charge is 0.364 e. The van der Waals surface area contributed by atoms with Crippen LogP contribution in [-0.4, -0.2) is 36.1 Å². The monoisotopic (exact) mass is 323 g/mol. The number of amides is 1. The maximum atomic E-state index is 12.6. The zero-order valence-electron chi connectivity index (χ0n) is 12.4. The normalized spacial score (nSPS) is 24.1. The number of carbonyl (C=O) groups is 1.